The van der Waals surface area contributed by atoms with E-state index >= 15 is 0 Å². The molecule has 7 heteroatoms. The molecule has 0 atom stereocenters. The van der Waals surface area contributed by atoms with Gasteiger partial charge >= 0.3 is 5.97 Å². The van der Waals surface area contributed by atoms with Crippen molar-refractivity contribution >= 4 is 35.2 Å². The highest BCUT2D eigenvalue weighted by Gasteiger charge is 2.11. The van der Waals surface area contributed by atoms with Gasteiger partial charge in [0.05, 0.1) is 12.3 Å². The fourth-order valence-electron chi connectivity index (χ4n) is 2.35. The van der Waals surface area contributed by atoms with E-state index in [4.69, 9.17) is 4.74 Å². The number of esters is 1. The maximum atomic E-state index is 12.0. The van der Waals surface area contributed by atoms with Crippen LogP contribution >= 0.6 is 11.8 Å². The van der Waals surface area contributed by atoms with Crippen LogP contribution in [0.3, 0.4) is 0 Å². The average Bonchev–Trinajstić information content (AvgIpc) is 2.67. The van der Waals surface area contributed by atoms with Gasteiger partial charge in [0.1, 0.15) is 0 Å². The molecule has 0 aliphatic rings. The summed E-state index contributed by atoms with van der Waals surface area (Å²) < 4.78 is 4.95. The van der Waals surface area contributed by atoms with Crippen LogP contribution in [0.1, 0.15) is 16.7 Å². The summed E-state index contributed by atoms with van der Waals surface area (Å²) in [6.07, 6.45) is 0. The Labute approximate surface area is 169 Å². The van der Waals surface area contributed by atoms with E-state index in [1.54, 1.807) is 6.07 Å². The molecule has 6 nitrogen and oxygen atoms in total. The number of anilines is 1. The molecule has 0 aromatic heterocycles. The largest absolute Gasteiger partial charge is 0.455 e. The maximum absolute atomic E-state index is 12.0. The molecule has 2 aromatic rings. The van der Waals surface area contributed by atoms with Gasteiger partial charge in [-0.1, -0.05) is 30.3 Å². The van der Waals surface area contributed by atoms with Gasteiger partial charge in [0, 0.05) is 10.6 Å². The standard InChI is InChI=1S/C21H24N2O4S/c1-14-8-6-9-17(16(14)3)23-19(24)11-22-20(25)12-27-21(26)13-28-18-10-5-4-7-15(18)2/h4-10H,11-13H2,1-3H3,(H,22,25)(H,23,24). The van der Waals surface area contributed by atoms with E-state index in [1.807, 2.05) is 57.2 Å². The fraction of sp³-hybridized carbons (Fsp3) is 0.286. The van der Waals surface area contributed by atoms with Gasteiger partial charge in [-0.3, -0.25) is 14.4 Å². The highest BCUT2D eigenvalue weighted by atomic mass is 32.2. The lowest BCUT2D eigenvalue weighted by Gasteiger charge is -2.11. The van der Waals surface area contributed by atoms with E-state index in [1.165, 1.54) is 11.8 Å². The summed E-state index contributed by atoms with van der Waals surface area (Å²) in [6.45, 7) is 5.23. The Hall–Kier alpha value is -2.80. The van der Waals surface area contributed by atoms with E-state index in [2.05, 4.69) is 10.6 Å². The molecule has 0 aliphatic heterocycles. The normalized spacial score (nSPS) is 10.2. The molecule has 2 N–H and O–H groups in total. The number of thioether (sulfide) groups is 1. The third kappa shape index (κ3) is 6.74. The third-order valence-electron chi connectivity index (χ3n) is 4.13. The van der Waals surface area contributed by atoms with Crippen molar-refractivity contribution in [2.75, 3.05) is 24.2 Å². The van der Waals surface area contributed by atoms with Crippen molar-refractivity contribution in [3.8, 4) is 0 Å². The highest BCUT2D eigenvalue weighted by molar-refractivity contribution is 8.00. The number of rotatable bonds is 8. The van der Waals surface area contributed by atoms with Gasteiger partial charge in [-0.15, -0.1) is 11.8 Å². The minimum absolute atomic E-state index is 0.116. The van der Waals surface area contributed by atoms with Crippen molar-refractivity contribution in [3.63, 3.8) is 0 Å². The Bertz CT molecular complexity index is 867. The number of hydrogen-bond donors (Lipinski definition) is 2. The van der Waals surface area contributed by atoms with E-state index in [-0.39, 0.29) is 18.2 Å². The molecule has 0 heterocycles. The first-order valence-electron chi connectivity index (χ1n) is 8.83. The van der Waals surface area contributed by atoms with Crippen LogP contribution in [0.4, 0.5) is 5.69 Å². The molecular weight excluding hydrogens is 376 g/mol. The molecule has 28 heavy (non-hydrogen) atoms. The maximum Gasteiger partial charge on any atom is 0.316 e. The third-order valence-corrected chi connectivity index (χ3v) is 5.28. The second-order valence-corrected chi connectivity index (χ2v) is 7.30. The topological polar surface area (TPSA) is 84.5 Å². The summed E-state index contributed by atoms with van der Waals surface area (Å²) >= 11 is 1.36. The van der Waals surface area contributed by atoms with Crippen LogP contribution in [0.15, 0.2) is 47.4 Å². The van der Waals surface area contributed by atoms with Crippen LogP contribution in [0.5, 0.6) is 0 Å². The number of ether oxygens (including phenoxy) is 1. The minimum Gasteiger partial charge on any atom is -0.455 e. The second-order valence-electron chi connectivity index (χ2n) is 6.29. The molecule has 2 rings (SSSR count). The van der Waals surface area contributed by atoms with Gasteiger partial charge in [0.25, 0.3) is 5.91 Å². The van der Waals surface area contributed by atoms with E-state index < -0.39 is 18.5 Å². The number of aryl methyl sites for hydroxylation is 2. The lowest BCUT2D eigenvalue weighted by Crippen LogP contribution is -2.35. The van der Waals surface area contributed by atoms with Gasteiger partial charge in [-0.25, -0.2) is 0 Å². The van der Waals surface area contributed by atoms with Crippen molar-refractivity contribution < 1.29 is 19.1 Å². The molecule has 0 bridgehead atoms. The zero-order chi connectivity index (χ0) is 20.5. The quantitative estimate of drug-likeness (QED) is 0.526. The van der Waals surface area contributed by atoms with Crippen molar-refractivity contribution in [1.29, 1.82) is 0 Å². The summed E-state index contributed by atoms with van der Waals surface area (Å²) in [4.78, 5) is 36.5. The number of benzene rings is 2. The zero-order valence-corrected chi connectivity index (χ0v) is 17.0. The lowest BCUT2D eigenvalue weighted by atomic mass is 10.1. The van der Waals surface area contributed by atoms with Crippen LogP contribution in [-0.4, -0.2) is 36.7 Å². The van der Waals surface area contributed by atoms with E-state index in [0.717, 1.165) is 21.6 Å². The van der Waals surface area contributed by atoms with Crippen LogP contribution < -0.4 is 10.6 Å². The number of carbonyl (C=O) groups is 3. The molecule has 0 aliphatic carbocycles. The van der Waals surface area contributed by atoms with Gasteiger partial charge in [-0.05, 0) is 49.6 Å². The van der Waals surface area contributed by atoms with Crippen LogP contribution in [-0.2, 0) is 19.1 Å². The molecule has 0 fully saturated rings. The summed E-state index contributed by atoms with van der Waals surface area (Å²) in [6, 6.07) is 13.3. The monoisotopic (exact) mass is 400 g/mol. The lowest BCUT2D eigenvalue weighted by molar-refractivity contribution is -0.146. The van der Waals surface area contributed by atoms with Crippen LogP contribution in [0.25, 0.3) is 0 Å². The molecule has 2 aromatic carbocycles. The fourth-order valence-corrected chi connectivity index (χ4v) is 3.18. The summed E-state index contributed by atoms with van der Waals surface area (Å²) in [5.74, 6) is -1.23. The number of nitrogens with one attached hydrogen (secondary N) is 2. The van der Waals surface area contributed by atoms with Crippen molar-refractivity contribution in [1.82, 2.24) is 5.32 Å². The number of carbonyl (C=O) groups excluding carboxylic acids is 3. The van der Waals surface area contributed by atoms with Gasteiger partial charge in [-0.2, -0.15) is 0 Å². The van der Waals surface area contributed by atoms with E-state index in [9.17, 15) is 14.4 Å². The van der Waals surface area contributed by atoms with Gasteiger partial charge < -0.3 is 15.4 Å². The molecule has 0 spiro atoms. The first kappa shape index (κ1) is 21.5. The first-order valence-corrected chi connectivity index (χ1v) is 9.82. The smallest absolute Gasteiger partial charge is 0.316 e. The Balaban J connectivity index is 1.68. The predicted octanol–water partition coefficient (Wildman–Crippen LogP) is 3.00. The average molecular weight is 401 g/mol. The van der Waals surface area contributed by atoms with Crippen molar-refractivity contribution in [2.45, 2.75) is 25.7 Å². The molecule has 0 radical (unpaired) electrons. The molecule has 0 unspecified atom stereocenters. The Kier molecular flexibility index (Phi) is 8.07. The molecular formula is C21H24N2O4S. The summed E-state index contributed by atoms with van der Waals surface area (Å²) in [5.41, 5.74) is 3.83. The number of hydrogen-bond acceptors (Lipinski definition) is 5. The Morgan fingerprint density at radius 1 is 0.929 bits per heavy atom. The van der Waals surface area contributed by atoms with Crippen molar-refractivity contribution in [3.05, 3.63) is 59.2 Å². The van der Waals surface area contributed by atoms with Crippen LogP contribution in [0, 0.1) is 20.8 Å². The first-order chi connectivity index (χ1) is 13.4. The SMILES string of the molecule is Cc1ccccc1SCC(=O)OCC(=O)NCC(=O)Nc1cccc(C)c1C. The van der Waals surface area contributed by atoms with Crippen molar-refractivity contribution in [2.24, 2.45) is 0 Å². The Morgan fingerprint density at radius 2 is 1.64 bits per heavy atom. The van der Waals surface area contributed by atoms with Gasteiger partial charge in [0.15, 0.2) is 6.61 Å². The highest BCUT2D eigenvalue weighted by Crippen LogP contribution is 2.21. The summed E-state index contributed by atoms with van der Waals surface area (Å²) in [7, 11) is 0. The molecule has 2 amide bonds. The van der Waals surface area contributed by atoms with E-state index in [0.29, 0.717) is 5.69 Å². The molecule has 0 saturated carbocycles. The number of amides is 2. The zero-order valence-electron chi connectivity index (χ0n) is 16.2. The minimum atomic E-state index is -0.523. The van der Waals surface area contributed by atoms with Crippen LogP contribution in [0.2, 0.25) is 0 Å². The molecule has 0 saturated heterocycles. The van der Waals surface area contributed by atoms with Gasteiger partial charge in [0.2, 0.25) is 5.91 Å². The second kappa shape index (κ2) is 10.5. The summed E-state index contributed by atoms with van der Waals surface area (Å²) in [5, 5.41) is 5.19. The predicted molar refractivity (Wildman–Crippen MR) is 110 cm³/mol. The molecule has 148 valence electrons. The Morgan fingerprint density at radius 3 is 2.39 bits per heavy atom.